The Morgan fingerprint density at radius 2 is 1.68 bits per heavy atom. The normalized spacial score (nSPS) is 10.8. The van der Waals surface area contributed by atoms with Gasteiger partial charge in [-0.1, -0.05) is 30.3 Å². The van der Waals surface area contributed by atoms with Crippen LogP contribution >= 0.6 is 0 Å². The maximum Gasteiger partial charge on any atom is 0.258 e. The van der Waals surface area contributed by atoms with E-state index in [2.05, 4.69) is 10.0 Å². The molecule has 0 unspecified atom stereocenters. The van der Waals surface area contributed by atoms with E-state index >= 15 is 0 Å². The van der Waals surface area contributed by atoms with Gasteiger partial charge in [0.1, 0.15) is 0 Å². The Morgan fingerprint density at radius 3 is 2.36 bits per heavy atom. The van der Waals surface area contributed by atoms with Gasteiger partial charge in [0.25, 0.3) is 5.91 Å². The molecule has 0 atom stereocenters. The number of methoxy groups -OCH3 is 1. The molecule has 0 aliphatic rings. The van der Waals surface area contributed by atoms with E-state index < -0.39 is 10.0 Å². The lowest BCUT2D eigenvalue weighted by atomic mass is 10.2. The van der Waals surface area contributed by atoms with Crippen LogP contribution in [0.1, 0.15) is 5.56 Å². The van der Waals surface area contributed by atoms with E-state index in [-0.39, 0.29) is 19.1 Å². The highest BCUT2D eigenvalue weighted by molar-refractivity contribution is 7.92. The minimum Gasteiger partial charge on any atom is -0.493 e. The molecule has 2 N–H and O–H groups in total. The van der Waals surface area contributed by atoms with E-state index in [1.54, 1.807) is 48.5 Å². The summed E-state index contributed by atoms with van der Waals surface area (Å²) < 4.78 is 35.8. The van der Waals surface area contributed by atoms with E-state index in [1.165, 1.54) is 7.11 Å². The molecule has 2 rings (SSSR count). The van der Waals surface area contributed by atoms with Crippen molar-refractivity contribution in [1.29, 1.82) is 0 Å². The maximum absolute atomic E-state index is 12.0. The SMILES string of the molecule is COc1ccccc1OCC(=O)NCc1ccccc1NS(C)(=O)=O. The third kappa shape index (κ3) is 6.00. The number of anilines is 1. The molecule has 2 aromatic rings. The molecule has 134 valence electrons. The number of rotatable bonds is 8. The second-order valence-corrected chi connectivity index (χ2v) is 7.00. The molecule has 0 saturated carbocycles. The summed E-state index contributed by atoms with van der Waals surface area (Å²) in [6.07, 6.45) is 1.07. The molecule has 0 heterocycles. The number of carbonyl (C=O) groups excluding carboxylic acids is 1. The predicted octanol–water partition coefficient (Wildman–Crippen LogP) is 1.76. The molecular weight excluding hydrogens is 344 g/mol. The molecule has 0 bridgehead atoms. The molecule has 0 radical (unpaired) electrons. The Kier molecular flexibility index (Phi) is 6.24. The smallest absolute Gasteiger partial charge is 0.258 e. The fourth-order valence-corrected chi connectivity index (χ4v) is 2.70. The summed E-state index contributed by atoms with van der Waals surface area (Å²) in [5.74, 6) is 0.678. The molecule has 7 nitrogen and oxygen atoms in total. The fourth-order valence-electron chi connectivity index (χ4n) is 2.10. The number of hydrogen-bond acceptors (Lipinski definition) is 5. The fraction of sp³-hybridized carbons (Fsp3) is 0.235. The number of ether oxygens (including phenoxy) is 2. The van der Waals surface area contributed by atoms with Crippen LogP contribution in [0.5, 0.6) is 11.5 Å². The van der Waals surface area contributed by atoms with Crippen molar-refractivity contribution in [2.24, 2.45) is 0 Å². The highest BCUT2D eigenvalue weighted by atomic mass is 32.2. The monoisotopic (exact) mass is 364 g/mol. The number of benzene rings is 2. The van der Waals surface area contributed by atoms with Crippen LogP contribution in [0, 0.1) is 0 Å². The maximum atomic E-state index is 12.0. The third-order valence-electron chi connectivity index (χ3n) is 3.22. The van der Waals surface area contributed by atoms with Crippen LogP contribution in [0.25, 0.3) is 0 Å². The van der Waals surface area contributed by atoms with Crippen LogP contribution in [-0.2, 0) is 21.4 Å². The Hall–Kier alpha value is -2.74. The first kappa shape index (κ1) is 18.6. The average Bonchev–Trinajstić information content (AvgIpc) is 2.58. The van der Waals surface area contributed by atoms with Gasteiger partial charge in [-0.2, -0.15) is 0 Å². The standard InChI is InChI=1S/C17H20N2O5S/c1-23-15-9-5-6-10-16(15)24-12-17(20)18-11-13-7-3-4-8-14(13)19-25(2,21)22/h3-10,19H,11-12H2,1-2H3,(H,18,20). The second-order valence-electron chi connectivity index (χ2n) is 5.25. The average molecular weight is 364 g/mol. The van der Waals surface area contributed by atoms with Crippen LogP contribution in [0.2, 0.25) is 0 Å². The molecule has 25 heavy (non-hydrogen) atoms. The number of amides is 1. The summed E-state index contributed by atoms with van der Waals surface area (Å²) >= 11 is 0. The topological polar surface area (TPSA) is 93.7 Å². The third-order valence-corrected chi connectivity index (χ3v) is 3.81. The van der Waals surface area contributed by atoms with Crippen molar-refractivity contribution in [3.05, 3.63) is 54.1 Å². The number of hydrogen-bond donors (Lipinski definition) is 2. The summed E-state index contributed by atoms with van der Waals surface area (Å²) in [4.78, 5) is 12.0. The van der Waals surface area contributed by atoms with Crippen LogP contribution in [-0.4, -0.2) is 34.3 Å². The van der Waals surface area contributed by atoms with E-state index in [4.69, 9.17) is 9.47 Å². The first-order valence-electron chi connectivity index (χ1n) is 7.47. The van der Waals surface area contributed by atoms with Crippen molar-refractivity contribution in [1.82, 2.24) is 5.32 Å². The molecule has 2 aromatic carbocycles. The van der Waals surface area contributed by atoms with E-state index in [1.807, 2.05) is 0 Å². The van der Waals surface area contributed by atoms with E-state index in [0.29, 0.717) is 22.7 Å². The Bertz CT molecular complexity index is 836. The van der Waals surface area contributed by atoms with Gasteiger partial charge in [0.05, 0.1) is 19.1 Å². The number of para-hydroxylation sites is 3. The van der Waals surface area contributed by atoms with Crippen LogP contribution in [0.3, 0.4) is 0 Å². The largest absolute Gasteiger partial charge is 0.493 e. The summed E-state index contributed by atoms with van der Waals surface area (Å²) in [5, 5.41) is 2.69. The van der Waals surface area contributed by atoms with E-state index in [9.17, 15) is 13.2 Å². The zero-order chi connectivity index (χ0) is 18.3. The molecule has 8 heteroatoms. The van der Waals surface area contributed by atoms with Gasteiger partial charge < -0.3 is 14.8 Å². The van der Waals surface area contributed by atoms with Crippen LogP contribution < -0.4 is 19.5 Å². The van der Waals surface area contributed by atoms with Crippen molar-refractivity contribution >= 4 is 21.6 Å². The van der Waals surface area contributed by atoms with Crippen LogP contribution in [0.4, 0.5) is 5.69 Å². The summed E-state index contributed by atoms with van der Waals surface area (Å²) in [5.41, 5.74) is 1.08. The van der Waals surface area contributed by atoms with E-state index in [0.717, 1.165) is 6.26 Å². The molecule has 0 saturated heterocycles. The van der Waals surface area contributed by atoms with Gasteiger partial charge in [-0.3, -0.25) is 9.52 Å². The van der Waals surface area contributed by atoms with Gasteiger partial charge in [0.15, 0.2) is 18.1 Å². The predicted molar refractivity (Wildman–Crippen MR) is 95.2 cm³/mol. The second kappa shape index (κ2) is 8.39. The van der Waals surface area contributed by atoms with Crippen molar-refractivity contribution < 1.29 is 22.7 Å². The van der Waals surface area contributed by atoms with Gasteiger partial charge in [-0.15, -0.1) is 0 Å². The van der Waals surface area contributed by atoms with Crippen molar-refractivity contribution in [2.75, 3.05) is 24.7 Å². The lowest BCUT2D eigenvalue weighted by molar-refractivity contribution is -0.123. The first-order valence-corrected chi connectivity index (χ1v) is 9.36. The highest BCUT2D eigenvalue weighted by Crippen LogP contribution is 2.25. The van der Waals surface area contributed by atoms with Gasteiger partial charge in [-0.25, -0.2) is 8.42 Å². The Labute approximate surface area is 147 Å². The first-order chi connectivity index (χ1) is 11.9. The van der Waals surface area contributed by atoms with Gasteiger partial charge >= 0.3 is 0 Å². The molecule has 1 amide bonds. The zero-order valence-corrected chi connectivity index (χ0v) is 14.8. The molecule has 0 aliphatic heterocycles. The van der Waals surface area contributed by atoms with Gasteiger partial charge in [0, 0.05) is 6.54 Å². The quantitative estimate of drug-likeness (QED) is 0.744. The molecular formula is C17H20N2O5S. The lowest BCUT2D eigenvalue weighted by Gasteiger charge is -2.13. The Balaban J connectivity index is 1.92. The van der Waals surface area contributed by atoms with Crippen molar-refractivity contribution in [3.63, 3.8) is 0 Å². The van der Waals surface area contributed by atoms with Crippen LogP contribution in [0.15, 0.2) is 48.5 Å². The Morgan fingerprint density at radius 1 is 1.04 bits per heavy atom. The lowest BCUT2D eigenvalue weighted by Crippen LogP contribution is -2.29. The minimum atomic E-state index is -3.39. The summed E-state index contributed by atoms with van der Waals surface area (Å²) in [6, 6.07) is 13.9. The minimum absolute atomic E-state index is 0.173. The highest BCUT2D eigenvalue weighted by Gasteiger charge is 2.10. The molecule has 0 fully saturated rings. The van der Waals surface area contributed by atoms with Gasteiger partial charge in [0.2, 0.25) is 10.0 Å². The number of sulfonamides is 1. The number of nitrogens with one attached hydrogen (secondary N) is 2. The molecule has 0 aliphatic carbocycles. The summed E-state index contributed by atoms with van der Waals surface area (Å²) in [6.45, 7) is -0.00510. The van der Waals surface area contributed by atoms with Crippen molar-refractivity contribution in [2.45, 2.75) is 6.54 Å². The summed E-state index contributed by atoms with van der Waals surface area (Å²) in [7, 11) is -1.87. The molecule has 0 spiro atoms. The molecule has 0 aromatic heterocycles. The zero-order valence-electron chi connectivity index (χ0n) is 14.0. The van der Waals surface area contributed by atoms with Crippen molar-refractivity contribution in [3.8, 4) is 11.5 Å². The van der Waals surface area contributed by atoms with Gasteiger partial charge in [-0.05, 0) is 23.8 Å². The number of carbonyl (C=O) groups is 1.